The highest BCUT2D eigenvalue weighted by molar-refractivity contribution is 7.89. The molecule has 1 rings (SSSR count). The highest BCUT2D eigenvalue weighted by atomic mass is 32.2. The third-order valence-corrected chi connectivity index (χ3v) is 4.35. The third kappa shape index (κ3) is 4.21. The Hall–Kier alpha value is -1.60. The van der Waals surface area contributed by atoms with Crippen molar-refractivity contribution in [2.24, 2.45) is 0 Å². The van der Waals surface area contributed by atoms with Gasteiger partial charge in [-0.3, -0.25) is 4.79 Å². The van der Waals surface area contributed by atoms with Gasteiger partial charge in [0.1, 0.15) is 10.6 Å². The zero-order valence-corrected chi connectivity index (χ0v) is 12.9. The lowest BCUT2D eigenvalue weighted by Crippen LogP contribution is -2.32. The van der Waals surface area contributed by atoms with Crippen molar-refractivity contribution in [3.63, 3.8) is 0 Å². The van der Waals surface area contributed by atoms with Crippen molar-refractivity contribution < 1.29 is 17.9 Å². The Bertz CT molecular complexity index is 584. The number of ether oxygens (including phenoxy) is 1. The number of anilines is 1. The molecule has 112 valence electrons. The highest BCUT2D eigenvalue weighted by Crippen LogP contribution is 2.27. The van der Waals surface area contributed by atoms with Gasteiger partial charge < -0.3 is 10.1 Å². The van der Waals surface area contributed by atoms with Crippen molar-refractivity contribution in [3.8, 4) is 5.75 Å². The minimum atomic E-state index is -3.70. The Labute approximate surface area is 119 Å². The van der Waals surface area contributed by atoms with E-state index in [1.54, 1.807) is 13.0 Å². The molecule has 0 aliphatic heterocycles. The molecule has 0 radical (unpaired) electrons. The molecule has 0 saturated heterocycles. The molecule has 0 heterocycles. The fourth-order valence-corrected chi connectivity index (χ4v) is 3.10. The number of sulfonamides is 1. The largest absolute Gasteiger partial charge is 0.495 e. The second-order valence-corrected chi connectivity index (χ2v) is 6.16. The molecular formula is C13H20N2O4S. The van der Waals surface area contributed by atoms with Gasteiger partial charge in [-0.1, -0.05) is 6.92 Å². The summed E-state index contributed by atoms with van der Waals surface area (Å²) in [4.78, 5) is 11.1. The molecule has 0 unspecified atom stereocenters. The number of carbonyl (C=O) groups is 1. The summed E-state index contributed by atoms with van der Waals surface area (Å²) in [6.45, 7) is 5.02. The van der Waals surface area contributed by atoms with Gasteiger partial charge in [0.15, 0.2) is 0 Å². The van der Waals surface area contributed by atoms with Crippen molar-refractivity contribution >= 4 is 21.6 Å². The van der Waals surface area contributed by atoms with Crippen LogP contribution in [-0.4, -0.2) is 27.5 Å². The van der Waals surface area contributed by atoms with Gasteiger partial charge in [0.2, 0.25) is 15.9 Å². The van der Waals surface area contributed by atoms with Crippen molar-refractivity contribution in [1.82, 2.24) is 4.72 Å². The second kappa shape index (κ2) is 6.71. The normalized spacial score (nSPS) is 12.8. The first-order chi connectivity index (χ1) is 9.30. The summed E-state index contributed by atoms with van der Waals surface area (Å²) in [6.07, 6.45) is 0.674. The lowest BCUT2D eigenvalue weighted by molar-refractivity contribution is -0.114. The number of methoxy groups -OCH3 is 1. The van der Waals surface area contributed by atoms with E-state index in [2.05, 4.69) is 10.0 Å². The number of amides is 1. The number of rotatable bonds is 6. The first-order valence-electron chi connectivity index (χ1n) is 6.28. The van der Waals surface area contributed by atoms with E-state index in [0.717, 1.165) is 0 Å². The van der Waals surface area contributed by atoms with Gasteiger partial charge in [-0.2, -0.15) is 0 Å². The average molecular weight is 300 g/mol. The van der Waals surface area contributed by atoms with E-state index in [4.69, 9.17) is 4.74 Å². The summed E-state index contributed by atoms with van der Waals surface area (Å²) in [5.74, 6) is -0.0386. The monoisotopic (exact) mass is 300 g/mol. The summed E-state index contributed by atoms with van der Waals surface area (Å²) in [7, 11) is -2.30. The Morgan fingerprint density at radius 2 is 2.05 bits per heavy atom. The van der Waals surface area contributed by atoms with Gasteiger partial charge >= 0.3 is 0 Å². The molecule has 1 amide bonds. The predicted molar refractivity (Wildman–Crippen MR) is 77.4 cm³/mol. The number of carbonyl (C=O) groups excluding carboxylic acids is 1. The van der Waals surface area contributed by atoms with Crippen LogP contribution in [0.2, 0.25) is 0 Å². The minimum absolute atomic E-state index is 0.00606. The first-order valence-corrected chi connectivity index (χ1v) is 7.76. The molecule has 0 saturated carbocycles. The van der Waals surface area contributed by atoms with Gasteiger partial charge in [-0.15, -0.1) is 0 Å². The van der Waals surface area contributed by atoms with Crippen LogP contribution in [0.15, 0.2) is 23.1 Å². The summed E-state index contributed by atoms with van der Waals surface area (Å²) in [5, 5.41) is 2.55. The van der Waals surface area contributed by atoms with E-state index < -0.39 is 10.0 Å². The SMILES string of the molecule is CC[C@H](C)NS(=O)(=O)c1cc(NC(C)=O)ccc1OC. The maximum Gasteiger partial charge on any atom is 0.244 e. The maximum absolute atomic E-state index is 12.3. The third-order valence-electron chi connectivity index (χ3n) is 2.74. The topological polar surface area (TPSA) is 84.5 Å². The predicted octanol–water partition coefficient (Wildman–Crippen LogP) is 1.73. The van der Waals surface area contributed by atoms with Crippen LogP contribution in [0.1, 0.15) is 27.2 Å². The molecule has 0 aliphatic rings. The van der Waals surface area contributed by atoms with Gasteiger partial charge in [-0.25, -0.2) is 13.1 Å². The quantitative estimate of drug-likeness (QED) is 0.838. The Morgan fingerprint density at radius 3 is 2.55 bits per heavy atom. The van der Waals surface area contributed by atoms with E-state index in [0.29, 0.717) is 12.1 Å². The van der Waals surface area contributed by atoms with E-state index in [9.17, 15) is 13.2 Å². The van der Waals surface area contributed by atoms with Crippen molar-refractivity contribution in [2.75, 3.05) is 12.4 Å². The molecule has 1 aromatic rings. The summed E-state index contributed by atoms with van der Waals surface area (Å²) in [6, 6.07) is 4.29. The van der Waals surface area contributed by atoms with Crippen molar-refractivity contribution in [1.29, 1.82) is 0 Å². The molecule has 0 spiro atoms. The molecule has 1 aromatic carbocycles. The fourth-order valence-electron chi connectivity index (χ4n) is 1.58. The smallest absolute Gasteiger partial charge is 0.244 e. The molecule has 2 N–H and O–H groups in total. The van der Waals surface area contributed by atoms with Crippen LogP contribution in [-0.2, 0) is 14.8 Å². The van der Waals surface area contributed by atoms with Crippen molar-refractivity contribution in [2.45, 2.75) is 38.1 Å². The number of hydrogen-bond acceptors (Lipinski definition) is 4. The molecule has 20 heavy (non-hydrogen) atoms. The molecule has 6 nitrogen and oxygen atoms in total. The Kier molecular flexibility index (Phi) is 5.52. The van der Waals surface area contributed by atoms with Gasteiger partial charge in [0.25, 0.3) is 0 Å². The van der Waals surface area contributed by atoms with E-state index in [-0.39, 0.29) is 22.6 Å². The van der Waals surface area contributed by atoms with Crippen molar-refractivity contribution in [3.05, 3.63) is 18.2 Å². The van der Waals surface area contributed by atoms with E-state index >= 15 is 0 Å². The lowest BCUT2D eigenvalue weighted by atomic mass is 10.3. The minimum Gasteiger partial charge on any atom is -0.495 e. The summed E-state index contributed by atoms with van der Waals surface area (Å²) >= 11 is 0. The standard InChI is InChI=1S/C13H20N2O4S/c1-5-9(2)15-20(17,18)13-8-11(14-10(3)16)6-7-12(13)19-4/h6-9,15H,5H2,1-4H3,(H,14,16)/t9-/m0/s1. The van der Waals surface area contributed by atoms with Gasteiger partial charge in [-0.05, 0) is 31.5 Å². The molecule has 7 heteroatoms. The highest BCUT2D eigenvalue weighted by Gasteiger charge is 2.21. The lowest BCUT2D eigenvalue weighted by Gasteiger charge is -2.15. The zero-order chi connectivity index (χ0) is 15.3. The van der Waals surface area contributed by atoms with Crippen LogP contribution in [0.5, 0.6) is 5.75 Å². The van der Waals surface area contributed by atoms with E-state index in [1.807, 2.05) is 6.92 Å². The van der Waals surface area contributed by atoms with Gasteiger partial charge in [0.05, 0.1) is 7.11 Å². The van der Waals surface area contributed by atoms with Crippen LogP contribution in [0.3, 0.4) is 0 Å². The van der Waals surface area contributed by atoms with Crippen LogP contribution in [0.25, 0.3) is 0 Å². The summed E-state index contributed by atoms with van der Waals surface area (Å²) < 4.78 is 32.3. The second-order valence-electron chi connectivity index (χ2n) is 4.48. The Morgan fingerprint density at radius 1 is 1.40 bits per heavy atom. The van der Waals surface area contributed by atoms with E-state index in [1.165, 1.54) is 26.2 Å². The Balaban J connectivity index is 3.22. The van der Waals surface area contributed by atoms with Crippen LogP contribution < -0.4 is 14.8 Å². The first kappa shape index (κ1) is 16.5. The molecule has 1 atom stereocenters. The molecule has 0 aliphatic carbocycles. The van der Waals surface area contributed by atoms with Crippen LogP contribution in [0.4, 0.5) is 5.69 Å². The average Bonchev–Trinajstić information content (AvgIpc) is 2.37. The van der Waals surface area contributed by atoms with Crippen LogP contribution >= 0.6 is 0 Å². The summed E-state index contributed by atoms with van der Waals surface area (Å²) in [5.41, 5.74) is 0.405. The molecule has 0 fully saturated rings. The number of hydrogen-bond donors (Lipinski definition) is 2. The van der Waals surface area contributed by atoms with Crippen LogP contribution in [0, 0.1) is 0 Å². The van der Waals surface area contributed by atoms with Gasteiger partial charge in [0, 0.05) is 18.7 Å². The molecule has 0 aromatic heterocycles. The number of benzene rings is 1. The number of nitrogens with one attached hydrogen (secondary N) is 2. The zero-order valence-electron chi connectivity index (χ0n) is 12.1. The maximum atomic E-state index is 12.3. The fraction of sp³-hybridized carbons (Fsp3) is 0.462. The molecular weight excluding hydrogens is 280 g/mol. The molecule has 0 bridgehead atoms.